The number of aryl methyl sites for hydroxylation is 2. The first-order valence-corrected chi connectivity index (χ1v) is 9.35. The van der Waals surface area contributed by atoms with Gasteiger partial charge in [0.2, 0.25) is 5.91 Å². The van der Waals surface area contributed by atoms with Crippen LogP contribution < -0.4 is 16.2 Å². The minimum atomic E-state index is -0.270. The number of hydrogen-bond donors (Lipinski definition) is 3. The number of anilines is 1. The number of nitrogens with zero attached hydrogens (tertiary/aromatic N) is 1. The van der Waals surface area contributed by atoms with Gasteiger partial charge in [-0.05, 0) is 38.2 Å². The van der Waals surface area contributed by atoms with Crippen LogP contribution in [0.2, 0.25) is 0 Å². The second-order valence-electron chi connectivity index (χ2n) is 5.76. The molecule has 0 fully saturated rings. The minimum Gasteiger partial charge on any atom is -0.355 e. The quantitative estimate of drug-likeness (QED) is 0.530. The number of carbonyl (C=O) groups excluding carboxylic acids is 2. The van der Waals surface area contributed by atoms with Gasteiger partial charge in [0.1, 0.15) is 0 Å². The Bertz CT molecular complexity index is 892. The molecule has 0 aliphatic rings. The molecule has 0 aliphatic heterocycles. The van der Waals surface area contributed by atoms with E-state index < -0.39 is 0 Å². The van der Waals surface area contributed by atoms with Crippen molar-refractivity contribution in [2.45, 2.75) is 31.8 Å². The molecule has 0 bridgehead atoms. The molecular weight excluding hydrogens is 352 g/mol. The third-order valence-corrected chi connectivity index (χ3v) is 4.58. The predicted octanol–water partition coefficient (Wildman–Crippen LogP) is 2.04. The van der Waals surface area contributed by atoms with E-state index in [9.17, 15) is 14.4 Å². The Hall–Kier alpha value is -2.61. The van der Waals surface area contributed by atoms with Gasteiger partial charge in [-0.2, -0.15) is 0 Å². The van der Waals surface area contributed by atoms with Crippen LogP contribution in [0.3, 0.4) is 0 Å². The van der Waals surface area contributed by atoms with Crippen LogP contribution >= 0.6 is 11.8 Å². The van der Waals surface area contributed by atoms with Crippen LogP contribution in [0, 0.1) is 13.8 Å². The van der Waals surface area contributed by atoms with Gasteiger partial charge < -0.3 is 15.6 Å². The maximum Gasteiger partial charge on any atom is 0.254 e. The summed E-state index contributed by atoms with van der Waals surface area (Å²) in [6, 6.07) is 5.27. The standard InChI is InChI=1S/C18H22N4O3S/c1-10-6-5-7-13(15(10)17(25)19-3)21-14(23)9-8-12-11(2)20-18(26-4)22-16(12)24/h5-7H,8-9H2,1-4H3,(H,19,25)(H,21,23)(H,20,22,24). The maximum absolute atomic E-state index is 12.3. The topological polar surface area (TPSA) is 104 Å². The van der Waals surface area contributed by atoms with Crippen LogP contribution in [0.25, 0.3) is 0 Å². The van der Waals surface area contributed by atoms with Crippen molar-refractivity contribution in [3.8, 4) is 0 Å². The van der Waals surface area contributed by atoms with Crippen LogP contribution in [-0.4, -0.2) is 35.1 Å². The molecule has 0 unspecified atom stereocenters. The van der Waals surface area contributed by atoms with Gasteiger partial charge >= 0.3 is 0 Å². The fourth-order valence-corrected chi connectivity index (χ4v) is 3.05. The van der Waals surface area contributed by atoms with Crippen molar-refractivity contribution in [2.75, 3.05) is 18.6 Å². The lowest BCUT2D eigenvalue weighted by Gasteiger charge is -2.13. The zero-order valence-corrected chi connectivity index (χ0v) is 16.0. The van der Waals surface area contributed by atoms with E-state index in [-0.39, 0.29) is 30.2 Å². The number of nitrogens with one attached hydrogen (secondary N) is 3. The van der Waals surface area contributed by atoms with Gasteiger partial charge in [-0.3, -0.25) is 14.4 Å². The number of hydrogen-bond acceptors (Lipinski definition) is 5. The first-order valence-electron chi connectivity index (χ1n) is 8.12. The fraction of sp³-hybridized carbons (Fsp3) is 0.333. The van der Waals surface area contributed by atoms with E-state index in [2.05, 4.69) is 20.6 Å². The molecule has 1 aromatic carbocycles. The normalized spacial score (nSPS) is 10.5. The van der Waals surface area contributed by atoms with E-state index in [1.807, 2.05) is 19.2 Å². The van der Waals surface area contributed by atoms with E-state index in [1.165, 1.54) is 11.8 Å². The molecule has 0 radical (unpaired) electrons. The van der Waals surface area contributed by atoms with Crippen LogP contribution in [-0.2, 0) is 11.2 Å². The summed E-state index contributed by atoms with van der Waals surface area (Å²) in [7, 11) is 1.54. The molecule has 2 aromatic rings. The molecule has 138 valence electrons. The highest BCUT2D eigenvalue weighted by molar-refractivity contribution is 7.98. The zero-order valence-electron chi connectivity index (χ0n) is 15.2. The third kappa shape index (κ3) is 4.51. The highest BCUT2D eigenvalue weighted by atomic mass is 32.2. The number of rotatable bonds is 6. The number of H-pyrrole nitrogens is 1. The maximum atomic E-state index is 12.3. The van der Waals surface area contributed by atoms with E-state index in [0.29, 0.717) is 27.7 Å². The predicted molar refractivity (Wildman–Crippen MR) is 103 cm³/mol. The van der Waals surface area contributed by atoms with Gasteiger partial charge in [0.25, 0.3) is 11.5 Å². The van der Waals surface area contributed by atoms with Crippen molar-refractivity contribution in [1.29, 1.82) is 0 Å². The zero-order chi connectivity index (χ0) is 19.3. The Kier molecular flexibility index (Phi) is 6.57. The first kappa shape index (κ1) is 19.7. The van der Waals surface area contributed by atoms with Crippen molar-refractivity contribution in [3.05, 3.63) is 50.9 Å². The lowest BCUT2D eigenvalue weighted by atomic mass is 10.1. The lowest BCUT2D eigenvalue weighted by Crippen LogP contribution is -2.23. The molecular formula is C18H22N4O3S. The van der Waals surface area contributed by atoms with Gasteiger partial charge in [0, 0.05) is 24.7 Å². The molecule has 3 N–H and O–H groups in total. The van der Waals surface area contributed by atoms with Gasteiger partial charge in [0.15, 0.2) is 5.16 Å². The molecule has 1 aromatic heterocycles. The Labute approximate surface area is 156 Å². The summed E-state index contributed by atoms with van der Waals surface area (Å²) in [5, 5.41) is 5.89. The molecule has 2 rings (SSSR count). The summed E-state index contributed by atoms with van der Waals surface area (Å²) in [5.41, 5.74) is 2.54. The van der Waals surface area contributed by atoms with Crippen molar-refractivity contribution in [1.82, 2.24) is 15.3 Å². The number of carbonyl (C=O) groups is 2. The van der Waals surface area contributed by atoms with Crippen LogP contribution in [0.15, 0.2) is 28.2 Å². The number of amides is 2. The summed E-state index contributed by atoms with van der Waals surface area (Å²) in [6.45, 7) is 3.56. The van der Waals surface area contributed by atoms with Crippen molar-refractivity contribution < 1.29 is 9.59 Å². The Morgan fingerprint density at radius 2 is 2.00 bits per heavy atom. The molecule has 1 heterocycles. The number of aromatic nitrogens is 2. The molecule has 7 nitrogen and oxygen atoms in total. The summed E-state index contributed by atoms with van der Waals surface area (Å²) in [5.74, 6) is -0.531. The Morgan fingerprint density at radius 3 is 2.62 bits per heavy atom. The van der Waals surface area contributed by atoms with Crippen molar-refractivity contribution >= 4 is 29.3 Å². The van der Waals surface area contributed by atoms with Crippen molar-refractivity contribution in [2.24, 2.45) is 0 Å². The monoisotopic (exact) mass is 374 g/mol. The van der Waals surface area contributed by atoms with Crippen molar-refractivity contribution in [3.63, 3.8) is 0 Å². The third-order valence-electron chi connectivity index (χ3n) is 4.00. The Balaban J connectivity index is 2.13. The van der Waals surface area contributed by atoms with Crippen LogP contribution in [0.1, 0.15) is 33.6 Å². The number of aromatic amines is 1. The summed E-state index contributed by atoms with van der Waals surface area (Å²) in [4.78, 5) is 43.5. The molecule has 0 saturated carbocycles. The second kappa shape index (κ2) is 8.66. The molecule has 0 aliphatic carbocycles. The molecule has 2 amide bonds. The molecule has 8 heteroatoms. The highest BCUT2D eigenvalue weighted by Gasteiger charge is 2.16. The number of benzene rings is 1. The van der Waals surface area contributed by atoms with Crippen LogP contribution in [0.5, 0.6) is 0 Å². The second-order valence-corrected chi connectivity index (χ2v) is 6.56. The lowest BCUT2D eigenvalue weighted by molar-refractivity contribution is -0.116. The average molecular weight is 374 g/mol. The summed E-state index contributed by atoms with van der Waals surface area (Å²) in [6.07, 6.45) is 2.22. The molecule has 26 heavy (non-hydrogen) atoms. The molecule has 0 saturated heterocycles. The first-order chi connectivity index (χ1) is 12.4. The van der Waals surface area contributed by atoms with E-state index >= 15 is 0 Å². The largest absolute Gasteiger partial charge is 0.355 e. The minimum absolute atomic E-state index is 0.116. The smallest absolute Gasteiger partial charge is 0.254 e. The summed E-state index contributed by atoms with van der Waals surface area (Å²) < 4.78 is 0. The van der Waals surface area contributed by atoms with Crippen LogP contribution in [0.4, 0.5) is 5.69 Å². The number of thioether (sulfide) groups is 1. The summed E-state index contributed by atoms with van der Waals surface area (Å²) >= 11 is 1.36. The van der Waals surface area contributed by atoms with E-state index in [4.69, 9.17) is 0 Å². The van der Waals surface area contributed by atoms with E-state index in [1.54, 1.807) is 26.1 Å². The highest BCUT2D eigenvalue weighted by Crippen LogP contribution is 2.20. The van der Waals surface area contributed by atoms with E-state index in [0.717, 1.165) is 5.56 Å². The fourth-order valence-electron chi connectivity index (χ4n) is 2.63. The average Bonchev–Trinajstić information content (AvgIpc) is 2.60. The molecule has 0 spiro atoms. The van der Waals surface area contributed by atoms with Gasteiger partial charge in [-0.15, -0.1) is 0 Å². The molecule has 0 atom stereocenters. The van der Waals surface area contributed by atoms with Gasteiger partial charge in [-0.25, -0.2) is 4.98 Å². The van der Waals surface area contributed by atoms with Gasteiger partial charge in [0.05, 0.1) is 11.3 Å². The van der Waals surface area contributed by atoms with Gasteiger partial charge in [-0.1, -0.05) is 23.9 Å². The SMILES string of the molecule is CNC(=O)c1c(C)cccc1NC(=O)CCc1c(C)nc(SC)[nH]c1=O. The Morgan fingerprint density at radius 1 is 1.27 bits per heavy atom.